The van der Waals surface area contributed by atoms with Crippen LogP contribution in [0.2, 0.25) is 0 Å². The molecule has 1 aliphatic carbocycles. The Kier molecular flexibility index (Phi) is 6.49. The summed E-state index contributed by atoms with van der Waals surface area (Å²) in [5.41, 5.74) is 0. The minimum absolute atomic E-state index is 0.283. The second kappa shape index (κ2) is 7.37. The lowest BCUT2D eigenvalue weighted by atomic mass is 9.92. The van der Waals surface area contributed by atoms with Crippen LogP contribution in [-0.4, -0.2) is 32.5 Å². The van der Waals surface area contributed by atoms with Gasteiger partial charge < -0.3 is 5.32 Å². The summed E-state index contributed by atoms with van der Waals surface area (Å²) < 4.78 is 23.1. The maximum Gasteiger partial charge on any atom is 0.150 e. The van der Waals surface area contributed by atoms with Crippen LogP contribution in [0.1, 0.15) is 52.4 Å². The van der Waals surface area contributed by atoms with Crippen molar-refractivity contribution in [2.24, 2.45) is 5.92 Å². The summed E-state index contributed by atoms with van der Waals surface area (Å²) in [6, 6.07) is 0.537. The summed E-state index contributed by atoms with van der Waals surface area (Å²) in [5.74, 6) is 1.21. The first-order valence-electron chi connectivity index (χ1n) is 7.03. The molecule has 102 valence electrons. The van der Waals surface area contributed by atoms with Gasteiger partial charge in [0.05, 0.1) is 5.75 Å². The third-order valence-electron chi connectivity index (χ3n) is 3.86. The van der Waals surface area contributed by atoms with Gasteiger partial charge in [-0.25, -0.2) is 8.42 Å². The summed E-state index contributed by atoms with van der Waals surface area (Å²) in [4.78, 5) is 0. The summed E-state index contributed by atoms with van der Waals surface area (Å²) in [7, 11) is -2.80. The van der Waals surface area contributed by atoms with E-state index < -0.39 is 9.84 Å². The van der Waals surface area contributed by atoms with Crippen molar-refractivity contribution in [2.75, 3.05) is 18.1 Å². The molecule has 0 aromatic heterocycles. The van der Waals surface area contributed by atoms with Crippen molar-refractivity contribution in [1.82, 2.24) is 5.32 Å². The van der Waals surface area contributed by atoms with E-state index >= 15 is 0 Å². The molecule has 0 amide bonds. The molecule has 0 radical (unpaired) electrons. The lowest BCUT2D eigenvalue weighted by molar-refractivity contribution is 0.331. The molecule has 0 saturated heterocycles. The zero-order chi connectivity index (χ0) is 12.7. The molecule has 1 saturated carbocycles. The summed E-state index contributed by atoms with van der Waals surface area (Å²) >= 11 is 0. The van der Waals surface area contributed by atoms with E-state index in [4.69, 9.17) is 0 Å². The number of sulfone groups is 1. The Morgan fingerprint density at radius 1 is 1.12 bits per heavy atom. The van der Waals surface area contributed by atoms with Gasteiger partial charge in [-0.05, 0) is 31.7 Å². The quantitative estimate of drug-likeness (QED) is 0.747. The molecule has 0 bridgehead atoms. The molecule has 1 fully saturated rings. The van der Waals surface area contributed by atoms with Crippen molar-refractivity contribution in [3.05, 3.63) is 0 Å². The standard InChI is InChI=1S/C13H27NO2S/c1-3-14-13-9-7-5-6-8-12(13)10-11-17(15,16)4-2/h12-14H,3-11H2,1-2H3. The van der Waals surface area contributed by atoms with Gasteiger partial charge in [0, 0.05) is 11.8 Å². The van der Waals surface area contributed by atoms with Crippen molar-refractivity contribution < 1.29 is 8.42 Å². The molecule has 1 N–H and O–H groups in total. The van der Waals surface area contributed by atoms with Crippen LogP contribution in [0.4, 0.5) is 0 Å². The Morgan fingerprint density at radius 2 is 1.82 bits per heavy atom. The smallest absolute Gasteiger partial charge is 0.150 e. The van der Waals surface area contributed by atoms with Crippen LogP contribution in [0.5, 0.6) is 0 Å². The molecule has 4 heteroatoms. The van der Waals surface area contributed by atoms with Crippen LogP contribution in [0, 0.1) is 5.92 Å². The number of hydrogen-bond donors (Lipinski definition) is 1. The summed E-state index contributed by atoms with van der Waals surface area (Å²) in [6.45, 7) is 4.86. The van der Waals surface area contributed by atoms with Crippen molar-refractivity contribution in [3.63, 3.8) is 0 Å². The Balaban J connectivity index is 2.51. The molecule has 0 aromatic carbocycles. The SMILES string of the molecule is CCNC1CCCCCC1CCS(=O)(=O)CC. The van der Waals surface area contributed by atoms with E-state index in [9.17, 15) is 8.42 Å². The molecule has 0 spiro atoms. The second-order valence-electron chi connectivity index (χ2n) is 5.09. The molecule has 1 aliphatic rings. The Hall–Kier alpha value is -0.0900. The summed E-state index contributed by atoms with van der Waals surface area (Å²) in [6.07, 6.45) is 7.10. The predicted octanol–water partition coefficient (Wildman–Crippen LogP) is 2.37. The fourth-order valence-corrected chi connectivity index (χ4v) is 3.69. The molecule has 0 aromatic rings. The zero-order valence-corrected chi connectivity index (χ0v) is 12.1. The fourth-order valence-electron chi connectivity index (χ4n) is 2.74. The molecular formula is C13H27NO2S. The lowest BCUT2D eigenvalue weighted by Gasteiger charge is -2.25. The van der Waals surface area contributed by atoms with Crippen LogP contribution in [-0.2, 0) is 9.84 Å². The van der Waals surface area contributed by atoms with Gasteiger partial charge in [-0.15, -0.1) is 0 Å². The molecule has 17 heavy (non-hydrogen) atoms. The van der Waals surface area contributed by atoms with Crippen LogP contribution in [0.15, 0.2) is 0 Å². The van der Waals surface area contributed by atoms with Gasteiger partial charge in [0.15, 0.2) is 0 Å². The van der Waals surface area contributed by atoms with Gasteiger partial charge in [0.25, 0.3) is 0 Å². The monoisotopic (exact) mass is 261 g/mol. The van der Waals surface area contributed by atoms with E-state index in [-0.39, 0.29) is 5.75 Å². The number of rotatable bonds is 6. The first kappa shape index (κ1) is 15.0. The molecule has 0 aliphatic heterocycles. The third-order valence-corrected chi connectivity index (χ3v) is 5.60. The van der Waals surface area contributed by atoms with Crippen molar-refractivity contribution in [2.45, 2.75) is 58.4 Å². The van der Waals surface area contributed by atoms with Crippen LogP contribution < -0.4 is 5.32 Å². The van der Waals surface area contributed by atoms with Crippen LogP contribution in [0.3, 0.4) is 0 Å². The lowest BCUT2D eigenvalue weighted by Crippen LogP contribution is -2.36. The van der Waals surface area contributed by atoms with Gasteiger partial charge in [-0.2, -0.15) is 0 Å². The molecular weight excluding hydrogens is 234 g/mol. The van der Waals surface area contributed by atoms with Gasteiger partial charge in [0.1, 0.15) is 9.84 Å². The molecule has 3 nitrogen and oxygen atoms in total. The number of hydrogen-bond acceptors (Lipinski definition) is 3. The highest BCUT2D eigenvalue weighted by molar-refractivity contribution is 7.91. The van der Waals surface area contributed by atoms with E-state index in [0.717, 1.165) is 13.0 Å². The molecule has 0 heterocycles. The van der Waals surface area contributed by atoms with E-state index in [1.54, 1.807) is 6.92 Å². The Morgan fingerprint density at radius 3 is 2.47 bits per heavy atom. The predicted molar refractivity (Wildman–Crippen MR) is 73.0 cm³/mol. The van der Waals surface area contributed by atoms with Crippen LogP contribution in [0.25, 0.3) is 0 Å². The van der Waals surface area contributed by atoms with Gasteiger partial charge >= 0.3 is 0 Å². The van der Waals surface area contributed by atoms with Crippen LogP contribution >= 0.6 is 0 Å². The average molecular weight is 261 g/mol. The Labute approximate surface area is 106 Å². The van der Waals surface area contributed by atoms with Gasteiger partial charge in [-0.1, -0.05) is 33.1 Å². The maximum atomic E-state index is 11.6. The normalized spacial score (nSPS) is 26.7. The highest BCUT2D eigenvalue weighted by atomic mass is 32.2. The largest absolute Gasteiger partial charge is 0.314 e. The highest BCUT2D eigenvalue weighted by Gasteiger charge is 2.24. The molecule has 1 rings (SSSR count). The van der Waals surface area contributed by atoms with E-state index in [1.165, 1.54) is 32.1 Å². The van der Waals surface area contributed by atoms with Crippen molar-refractivity contribution in [3.8, 4) is 0 Å². The summed E-state index contributed by atoms with van der Waals surface area (Å²) in [5, 5.41) is 3.53. The first-order chi connectivity index (χ1) is 8.09. The van der Waals surface area contributed by atoms with Gasteiger partial charge in [0.2, 0.25) is 0 Å². The van der Waals surface area contributed by atoms with Gasteiger partial charge in [-0.3, -0.25) is 0 Å². The minimum Gasteiger partial charge on any atom is -0.314 e. The maximum absolute atomic E-state index is 11.6. The van der Waals surface area contributed by atoms with E-state index in [1.807, 2.05) is 0 Å². The highest BCUT2D eigenvalue weighted by Crippen LogP contribution is 2.26. The van der Waals surface area contributed by atoms with E-state index in [0.29, 0.717) is 17.7 Å². The second-order valence-corrected chi connectivity index (χ2v) is 7.56. The Bertz CT molecular complexity index is 301. The first-order valence-corrected chi connectivity index (χ1v) is 8.85. The molecule has 2 atom stereocenters. The topological polar surface area (TPSA) is 46.2 Å². The number of nitrogens with one attached hydrogen (secondary N) is 1. The third kappa shape index (κ3) is 5.38. The molecule has 2 unspecified atom stereocenters. The average Bonchev–Trinajstić information content (AvgIpc) is 2.53. The fraction of sp³-hybridized carbons (Fsp3) is 1.00. The van der Waals surface area contributed by atoms with Crippen molar-refractivity contribution >= 4 is 9.84 Å². The van der Waals surface area contributed by atoms with E-state index in [2.05, 4.69) is 12.2 Å². The minimum atomic E-state index is -2.80. The zero-order valence-electron chi connectivity index (χ0n) is 11.2. The van der Waals surface area contributed by atoms with Crippen molar-refractivity contribution in [1.29, 1.82) is 0 Å².